The third kappa shape index (κ3) is 2.81. The van der Waals surface area contributed by atoms with Crippen molar-refractivity contribution in [2.75, 3.05) is 7.11 Å². The number of ketones is 1. The van der Waals surface area contributed by atoms with Crippen LogP contribution in [0.1, 0.15) is 15.9 Å². The van der Waals surface area contributed by atoms with Crippen LogP contribution in [0.3, 0.4) is 0 Å². The molecule has 1 aliphatic carbocycles. The van der Waals surface area contributed by atoms with Crippen molar-refractivity contribution in [1.29, 1.82) is 0 Å². The molecular formula is C21H20O2Si. The largest absolute Gasteiger partial charge is 0.496 e. The number of hydrogen-bond donors (Lipinski definition) is 0. The van der Waals surface area contributed by atoms with E-state index in [1.165, 1.54) is 0 Å². The highest BCUT2D eigenvalue weighted by Gasteiger charge is 2.32. The third-order valence-corrected chi connectivity index (χ3v) is 6.20. The smallest absolute Gasteiger partial charge is 0.194 e. The Hall–Kier alpha value is -2.57. The molecule has 0 heterocycles. The van der Waals surface area contributed by atoms with E-state index in [1.54, 1.807) is 13.2 Å². The van der Waals surface area contributed by atoms with Gasteiger partial charge >= 0.3 is 0 Å². The Labute approximate surface area is 144 Å². The summed E-state index contributed by atoms with van der Waals surface area (Å²) < 4.78 is 5.32. The topological polar surface area (TPSA) is 26.3 Å². The second kappa shape index (κ2) is 6.14. The molecule has 0 unspecified atom stereocenters. The first-order valence-electron chi connectivity index (χ1n) is 7.97. The summed E-state index contributed by atoms with van der Waals surface area (Å²) in [4.78, 5) is 13.1. The fourth-order valence-corrected chi connectivity index (χ4v) is 4.56. The molecule has 24 heavy (non-hydrogen) atoms. The first kappa shape index (κ1) is 16.3. The number of methoxy groups -OCH3 is 1. The Morgan fingerprint density at radius 2 is 1.67 bits per heavy atom. The van der Waals surface area contributed by atoms with Gasteiger partial charge in [0.2, 0.25) is 0 Å². The molecule has 2 nitrogen and oxygen atoms in total. The molecule has 0 atom stereocenters. The minimum atomic E-state index is -1.75. The lowest BCUT2D eigenvalue weighted by Crippen LogP contribution is -2.40. The highest BCUT2D eigenvalue weighted by atomic mass is 28.3. The van der Waals surface area contributed by atoms with E-state index in [1.807, 2.05) is 36.4 Å². The molecule has 0 aromatic heterocycles. The van der Waals surface area contributed by atoms with Crippen LogP contribution >= 0.6 is 0 Å². The second-order valence-corrected chi connectivity index (χ2v) is 11.9. The van der Waals surface area contributed by atoms with Gasteiger partial charge in [-0.2, -0.15) is 0 Å². The van der Waals surface area contributed by atoms with Crippen LogP contribution in [0.4, 0.5) is 0 Å². The fourth-order valence-electron chi connectivity index (χ4n) is 2.97. The van der Waals surface area contributed by atoms with Crippen molar-refractivity contribution >= 4 is 19.0 Å². The van der Waals surface area contributed by atoms with E-state index in [0.717, 1.165) is 27.4 Å². The third-order valence-electron chi connectivity index (χ3n) is 4.17. The number of carbonyl (C=O) groups excluding carboxylic acids is 1. The van der Waals surface area contributed by atoms with Crippen molar-refractivity contribution in [2.24, 2.45) is 0 Å². The number of ether oxygens (including phenoxy) is 1. The number of rotatable bonds is 2. The van der Waals surface area contributed by atoms with Gasteiger partial charge < -0.3 is 4.74 Å². The second-order valence-electron chi connectivity index (χ2n) is 6.83. The summed E-state index contributed by atoms with van der Waals surface area (Å²) in [6, 6.07) is 21.6. The number of hydrogen-bond acceptors (Lipinski definition) is 2. The van der Waals surface area contributed by atoms with Crippen LogP contribution in [-0.4, -0.2) is 21.0 Å². The number of carbonyl (C=O) groups is 1. The van der Waals surface area contributed by atoms with Crippen LogP contribution in [0.15, 0.2) is 48.5 Å². The van der Waals surface area contributed by atoms with Crippen LogP contribution in [-0.2, 0) is 0 Å². The quantitative estimate of drug-likeness (QED) is 0.658. The molecule has 1 aliphatic rings. The number of benzene rings is 1. The van der Waals surface area contributed by atoms with Crippen molar-refractivity contribution in [1.82, 2.24) is 0 Å². The van der Waals surface area contributed by atoms with Crippen molar-refractivity contribution in [3.05, 3.63) is 71.8 Å². The Morgan fingerprint density at radius 1 is 0.958 bits per heavy atom. The maximum Gasteiger partial charge on any atom is 0.194 e. The molecule has 2 aromatic rings. The van der Waals surface area contributed by atoms with Gasteiger partial charge in [0.25, 0.3) is 0 Å². The van der Waals surface area contributed by atoms with Gasteiger partial charge in [0, 0.05) is 28.3 Å². The van der Waals surface area contributed by atoms with Crippen LogP contribution in [0.2, 0.25) is 19.6 Å². The SMILES string of the molecule is COc1cc#cc2c(c([Si](C)(C)C)ccc1)C(=O)c1ccccc1-2. The lowest BCUT2D eigenvalue weighted by atomic mass is 10.1. The average Bonchev–Trinajstić information content (AvgIpc) is 2.82. The van der Waals surface area contributed by atoms with E-state index in [2.05, 4.69) is 37.8 Å². The molecule has 120 valence electrons. The van der Waals surface area contributed by atoms with Crippen molar-refractivity contribution in [3.8, 4) is 16.9 Å². The maximum absolute atomic E-state index is 13.1. The summed E-state index contributed by atoms with van der Waals surface area (Å²) in [6.07, 6.45) is 0. The van der Waals surface area contributed by atoms with Crippen LogP contribution in [0.25, 0.3) is 11.1 Å². The summed E-state index contributed by atoms with van der Waals surface area (Å²) in [5, 5.41) is 1.13. The molecule has 0 spiro atoms. The molecule has 3 heteroatoms. The average molecular weight is 332 g/mol. The van der Waals surface area contributed by atoms with Gasteiger partial charge in [-0.25, -0.2) is 0 Å². The summed E-state index contributed by atoms with van der Waals surface area (Å²) in [5.74, 6) is 0.795. The fraction of sp³-hybridized carbons (Fsp3) is 0.190. The highest BCUT2D eigenvalue weighted by molar-refractivity contribution is 6.89. The lowest BCUT2D eigenvalue weighted by Gasteiger charge is -2.18. The van der Waals surface area contributed by atoms with Gasteiger partial charge in [0.1, 0.15) is 5.75 Å². The zero-order valence-corrected chi connectivity index (χ0v) is 15.4. The summed E-state index contributed by atoms with van der Waals surface area (Å²) in [5.41, 5.74) is 3.30. The minimum Gasteiger partial charge on any atom is -0.496 e. The van der Waals surface area contributed by atoms with E-state index in [0.29, 0.717) is 5.75 Å². The molecule has 0 bridgehead atoms. The van der Waals surface area contributed by atoms with Crippen molar-refractivity contribution < 1.29 is 9.53 Å². The van der Waals surface area contributed by atoms with Gasteiger partial charge in [0.15, 0.2) is 5.78 Å². The molecule has 3 rings (SSSR count). The summed E-state index contributed by atoms with van der Waals surface area (Å²) in [6.45, 7) is 6.75. The summed E-state index contributed by atoms with van der Waals surface area (Å²) >= 11 is 0. The molecule has 0 N–H and O–H groups in total. The Kier molecular flexibility index (Phi) is 4.17. The van der Waals surface area contributed by atoms with Gasteiger partial charge in [-0.05, 0) is 11.3 Å². The standard InChI is InChI=1S/C21H20O2Si/c1-23-15-9-7-13-17-16-11-5-6-12-18(16)21(22)20(17)19(14-8-10-15)24(2,3)4/h5-6,8-12,14H,1-4H3. The van der Waals surface area contributed by atoms with Crippen LogP contribution in [0.5, 0.6) is 5.75 Å². The van der Waals surface area contributed by atoms with E-state index in [9.17, 15) is 4.79 Å². The first-order valence-corrected chi connectivity index (χ1v) is 11.5. The molecule has 2 aromatic carbocycles. The molecule has 0 saturated carbocycles. The zero-order valence-electron chi connectivity index (χ0n) is 14.4. The van der Waals surface area contributed by atoms with E-state index >= 15 is 0 Å². The van der Waals surface area contributed by atoms with Gasteiger partial charge in [-0.15, -0.1) is 0 Å². The van der Waals surface area contributed by atoms with Gasteiger partial charge in [-0.3, -0.25) is 4.79 Å². The molecule has 0 amide bonds. The van der Waals surface area contributed by atoms with Crippen LogP contribution < -0.4 is 9.92 Å². The molecular weight excluding hydrogens is 312 g/mol. The Bertz CT molecular complexity index is 862. The summed E-state index contributed by atoms with van der Waals surface area (Å²) in [7, 11) is -0.115. The maximum atomic E-state index is 13.1. The Morgan fingerprint density at radius 3 is 2.33 bits per heavy atom. The molecule has 0 fully saturated rings. The van der Waals surface area contributed by atoms with E-state index < -0.39 is 8.07 Å². The predicted octanol–water partition coefficient (Wildman–Crippen LogP) is 4.18. The van der Waals surface area contributed by atoms with E-state index in [-0.39, 0.29) is 5.78 Å². The highest BCUT2D eigenvalue weighted by Crippen LogP contribution is 2.34. The molecule has 0 saturated heterocycles. The van der Waals surface area contributed by atoms with Gasteiger partial charge in [-0.1, -0.05) is 68.2 Å². The first-order chi connectivity index (χ1) is 11.4. The van der Waals surface area contributed by atoms with Crippen LogP contribution in [0, 0.1) is 12.1 Å². The predicted molar refractivity (Wildman–Crippen MR) is 100 cm³/mol. The van der Waals surface area contributed by atoms with Crippen molar-refractivity contribution in [2.45, 2.75) is 19.6 Å². The normalized spacial score (nSPS) is 11.9. The monoisotopic (exact) mass is 332 g/mol. The lowest BCUT2D eigenvalue weighted by molar-refractivity contribution is 0.104. The minimum absolute atomic E-state index is 0.0912. The zero-order chi connectivity index (χ0) is 17.3. The molecule has 0 radical (unpaired) electrons. The Balaban J connectivity index is 2.43. The molecule has 0 aliphatic heterocycles. The number of fused-ring (bicyclic) bond motifs is 3. The van der Waals surface area contributed by atoms with Gasteiger partial charge in [0.05, 0.1) is 15.2 Å². The van der Waals surface area contributed by atoms with E-state index in [4.69, 9.17) is 4.74 Å². The van der Waals surface area contributed by atoms with Crippen molar-refractivity contribution in [3.63, 3.8) is 0 Å².